The van der Waals surface area contributed by atoms with Gasteiger partial charge in [-0.1, -0.05) is 41.5 Å². The van der Waals surface area contributed by atoms with Crippen molar-refractivity contribution in [3.8, 4) is 0 Å². The Bertz CT molecular complexity index is 574. The summed E-state index contributed by atoms with van der Waals surface area (Å²) in [6, 6.07) is 14.6. The summed E-state index contributed by atoms with van der Waals surface area (Å²) >= 11 is 0. The van der Waals surface area contributed by atoms with E-state index in [2.05, 4.69) is 61.2 Å². The average molecular weight is 269 g/mol. The molecule has 0 heterocycles. The molecular weight excluding hydrogens is 246 g/mol. The lowest BCUT2D eigenvalue weighted by Gasteiger charge is -2.24. The van der Waals surface area contributed by atoms with E-state index in [0.717, 1.165) is 16.8 Å². The second kappa shape index (κ2) is 6.10. The first kappa shape index (κ1) is 14.6. The van der Waals surface area contributed by atoms with Crippen LogP contribution in [0, 0.1) is 20.8 Å². The minimum absolute atomic E-state index is 0.471. The molecule has 0 spiro atoms. The zero-order valence-corrected chi connectivity index (χ0v) is 12.7. The number of aliphatic hydroxyl groups is 1. The normalized spacial score (nSPS) is 12.2. The quantitative estimate of drug-likeness (QED) is 0.913. The van der Waals surface area contributed by atoms with Crippen LogP contribution in [0.4, 0.5) is 5.69 Å². The highest BCUT2D eigenvalue weighted by Crippen LogP contribution is 2.22. The highest BCUT2D eigenvalue weighted by Gasteiger charge is 2.13. The first-order valence-electron chi connectivity index (χ1n) is 7.00. The SMILES string of the molecule is Cc1ccc(N(C)CC(O)c2cc(C)ccc2C)cc1. The zero-order valence-electron chi connectivity index (χ0n) is 12.7. The zero-order chi connectivity index (χ0) is 14.7. The van der Waals surface area contributed by atoms with Crippen LogP contribution in [0.5, 0.6) is 0 Å². The molecule has 2 aromatic carbocycles. The van der Waals surface area contributed by atoms with E-state index in [1.165, 1.54) is 11.1 Å². The van der Waals surface area contributed by atoms with Gasteiger partial charge in [-0.15, -0.1) is 0 Å². The molecule has 20 heavy (non-hydrogen) atoms. The van der Waals surface area contributed by atoms with Crippen LogP contribution in [0.3, 0.4) is 0 Å². The Balaban J connectivity index is 2.12. The molecule has 2 heteroatoms. The monoisotopic (exact) mass is 269 g/mol. The molecule has 0 aromatic heterocycles. The van der Waals surface area contributed by atoms with Crippen molar-refractivity contribution in [2.75, 3.05) is 18.5 Å². The Morgan fingerprint density at radius 2 is 1.55 bits per heavy atom. The number of nitrogens with zero attached hydrogens (tertiary/aromatic N) is 1. The molecule has 2 nitrogen and oxygen atoms in total. The number of hydrogen-bond acceptors (Lipinski definition) is 2. The summed E-state index contributed by atoms with van der Waals surface area (Å²) in [5.41, 5.74) is 5.71. The summed E-state index contributed by atoms with van der Waals surface area (Å²) in [6.07, 6.45) is -0.471. The number of aliphatic hydroxyl groups excluding tert-OH is 1. The summed E-state index contributed by atoms with van der Waals surface area (Å²) in [7, 11) is 2.01. The lowest BCUT2D eigenvalue weighted by atomic mass is 10.0. The Morgan fingerprint density at radius 3 is 2.20 bits per heavy atom. The Kier molecular flexibility index (Phi) is 4.46. The maximum atomic E-state index is 10.5. The average Bonchev–Trinajstić information content (AvgIpc) is 2.42. The van der Waals surface area contributed by atoms with Gasteiger partial charge in [-0.25, -0.2) is 0 Å². The van der Waals surface area contributed by atoms with Crippen molar-refractivity contribution < 1.29 is 5.11 Å². The van der Waals surface area contributed by atoms with Gasteiger partial charge >= 0.3 is 0 Å². The van der Waals surface area contributed by atoms with Crippen LogP contribution in [0.25, 0.3) is 0 Å². The van der Waals surface area contributed by atoms with Crippen LogP contribution in [0.2, 0.25) is 0 Å². The fraction of sp³-hybridized carbons (Fsp3) is 0.333. The van der Waals surface area contributed by atoms with Gasteiger partial charge in [0.15, 0.2) is 0 Å². The van der Waals surface area contributed by atoms with E-state index in [1.807, 2.05) is 14.0 Å². The molecular formula is C18H23NO. The van der Waals surface area contributed by atoms with Crippen molar-refractivity contribution in [3.63, 3.8) is 0 Å². The lowest BCUT2D eigenvalue weighted by Crippen LogP contribution is -2.24. The molecule has 0 fully saturated rings. The van der Waals surface area contributed by atoms with Crippen molar-refractivity contribution in [1.82, 2.24) is 0 Å². The fourth-order valence-corrected chi connectivity index (χ4v) is 2.38. The van der Waals surface area contributed by atoms with E-state index < -0.39 is 6.10 Å². The summed E-state index contributed by atoms with van der Waals surface area (Å²) in [6.45, 7) is 6.77. The van der Waals surface area contributed by atoms with Crippen LogP contribution in [0.15, 0.2) is 42.5 Å². The molecule has 0 aliphatic heterocycles. The van der Waals surface area contributed by atoms with Crippen molar-refractivity contribution >= 4 is 5.69 Å². The molecule has 2 aromatic rings. The van der Waals surface area contributed by atoms with E-state index in [4.69, 9.17) is 0 Å². The predicted molar refractivity (Wildman–Crippen MR) is 85.3 cm³/mol. The van der Waals surface area contributed by atoms with Crippen molar-refractivity contribution in [2.45, 2.75) is 26.9 Å². The molecule has 1 N–H and O–H groups in total. The minimum atomic E-state index is -0.471. The van der Waals surface area contributed by atoms with Crippen LogP contribution < -0.4 is 4.90 Å². The number of aryl methyl sites for hydroxylation is 3. The second-order valence-corrected chi connectivity index (χ2v) is 5.59. The molecule has 0 aliphatic rings. The molecule has 1 atom stereocenters. The number of rotatable bonds is 4. The highest BCUT2D eigenvalue weighted by atomic mass is 16.3. The molecule has 2 rings (SSSR count). The fourth-order valence-electron chi connectivity index (χ4n) is 2.38. The van der Waals surface area contributed by atoms with Gasteiger partial charge in [0.25, 0.3) is 0 Å². The third-order valence-electron chi connectivity index (χ3n) is 3.72. The largest absolute Gasteiger partial charge is 0.387 e. The molecule has 0 amide bonds. The van der Waals surface area contributed by atoms with Crippen molar-refractivity contribution in [3.05, 3.63) is 64.7 Å². The van der Waals surface area contributed by atoms with Gasteiger partial charge in [-0.3, -0.25) is 0 Å². The van der Waals surface area contributed by atoms with Gasteiger partial charge in [-0.05, 0) is 44.0 Å². The second-order valence-electron chi connectivity index (χ2n) is 5.59. The Hall–Kier alpha value is -1.80. The molecule has 0 aliphatic carbocycles. The maximum Gasteiger partial charge on any atom is 0.0967 e. The van der Waals surface area contributed by atoms with Crippen LogP contribution in [-0.2, 0) is 0 Å². The molecule has 106 valence electrons. The van der Waals surface area contributed by atoms with E-state index in [1.54, 1.807) is 0 Å². The van der Waals surface area contributed by atoms with E-state index >= 15 is 0 Å². The van der Waals surface area contributed by atoms with E-state index in [-0.39, 0.29) is 0 Å². The Morgan fingerprint density at radius 1 is 0.950 bits per heavy atom. The van der Waals surface area contributed by atoms with Gasteiger partial charge in [0.05, 0.1) is 6.10 Å². The molecule has 1 unspecified atom stereocenters. The van der Waals surface area contributed by atoms with Gasteiger partial charge < -0.3 is 10.0 Å². The minimum Gasteiger partial charge on any atom is -0.387 e. The number of hydrogen-bond donors (Lipinski definition) is 1. The Labute approximate surface area is 121 Å². The lowest BCUT2D eigenvalue weighted by molar-refractivity contribution is 0.184. The molecule has 0 saturated carbocycles. The highest BCUT2D eigenvalue weighted by molar-refractivity contribution is 5.47. The summed E-state index contributed by atoms with van der Waals surface area (Å²) in [4.78, 5) is 2.09. The third-order valence-corrected chi connectivity index (χ3v) is 3.72. The topological polar surface area (TPSA) is 23.5 Å². The smallest absolute Gasteiger partial charge is 0.0967 e. The number of benzene rings is 2. The summed E-state index contributed by atoms with van der Waals surface area (Å²) in [5, 5.41) is 10.5. The van der Waals surface area contributed by atoms with Gasteiger partial charge in [0.1, 0.15) is 0 Å². The standard InChI is InChI=1S/C18H23NO/c1-13-6-9-16(10-7-13)19(4)12-18(20)17-11-14(2)5-8-15(17)3/h5-11,18,20H,12H2,1-4H3. The van der Waals surface area contributed by atoms with Gasteiger partial charge in [-0.2, -0.15) is 0 Å². The maximum absolute atomic E-state index is 10.5. The number of anilines is 1. The van der Waals surface area contributed by atoms with E-state index in [9.17, 15) is 5.11 Å². The molecule has 0 radical (unpaired) electrons. The van der Waals surface area contributed by atoms with Gasteiger partial charge in [0, 0.05) is 19.3 Å². The van der Waals surface area contributed by atoms with Gasteiger partial charge in [0.2, 0.25) is 0 Å². The first-order valence-corrected chi connectivity index (χ1v) is 7.00. The van der Waals surface area contributed by atoms with Crippen LogP contribution >= 0.6 is 0 Å². The number of likely N-dealkylation sites (N-methyl/N-ethyl adjacent to an activating group) is 1. The van der Waals surface area contributed by atoms with Crippen LogP contribution in [-0.4, -0.2) is 18.7 Å². The first-order chi connectivity index (χ1) is 9.47. The van der Waals surface area contributed by atoms with Crippen LogP contribution in [0.1, 0.15) is 28.4 Å². The summed E-state index contributed by atoms with van der Waals surface area (Å²) in [5.74, 6) is 0. The predicted octanol–water partition coefficient (Wildman–Crippen LogP) is 3.78. The van der Waals surface area contributed by atoms with E-state index in [0.29, 0.717) is 6.54 Å². The third kappa shape index (κ3) is 3.40. The molecule has 0 bridgehead atoms. The summed E-state index contributed by atoms with van der Waals surface area (Å²) < 4.78 is 0. The van der Waals surface area contributed by atoms with Crippen molar-refractivity contribution in [2.24, 2.45) is 0 Å². The van der Waals surface area contributed by atoms with Crippen molar-refractivity contribution in [1.29, 1.82) is 0 Å². The molecule has 0 saturated heterocycles.